The summed E-state index contributed by atoms with van der Waals surface area (Å²) in [5.74, 6) is 6.96. The van der Waals surface area contributed by atoms with E-state index in [1.165, 1.54) is 32.2 Å². The van der Waals surface area contributed by atoms with Gasteiger partial charge in [-0.05, 0) is 32.2 Å². The van der Waals surface area contributed by atoms with Crippen molar-refractivity contribution in [2.45, 2.75) is 58.4 Å². The molecule has 1 atom stereocenters. The van der Waals surface area contributed by atoms with Crippen LogP contribution in [0.25, 0.3) is 0 Å². The molecule has 1 aliphatic rings. The maximum atomic E-state index is 3.73. The first kappa shape index (κ1) is 11.6. The molecule has 1 fully saturated rings. The molecule has 0 aliphatic carbocycles. The second kappa shape index (κ2) is 5.41. The van der Waals surface area contributed by atoms with Gasteiger partial charge in [0, 0.05) is 12.0 Å². The normalized spacial score (nSPS) is 28.0. The van der Waals surface area contributed by atoms with Crippen LogP contribution in [0.5, 0.6) is 0 Å². The molecule has 1 nitrogen and oxygen atoms in total. The Kier molecular flexibility index (Phi) is 4.48. The number of nitrogens with one attached hydrogen (secondary N) is 1. The van der Waals surface area contributed by atoms with Crippen molar-refractivity contribution in [1.29, 1.82) is 0 Å². The second-order valence-corrected chi connectivity index (χ2v) is 4.65. The Morgan fingerprint density at radius 3 is 2.71 bits per heavy atom. The van der Waals surface area contributed by atoms with E-state index in [9.17, 15) is 0 Å². The van der Waals surface area contributed by atoms with Crippen molar-refractivity contribution in [3.8, 4) is 11.8 Å². The molecule has 0 bridgehead atoms. The van der Waals surface area contributed by atoms with Gasteiger partial charge in [0.05, 0.1) is 0 Å². The molecule has 0 aromatic rings. The number of rotatable bonds is 2. The van der Waals surface area contributed by atoms with Crippen molar-refractivity contribution in [3.05, 3.63) is 0 Å². The van der Waals surface area contributed by atoms with Gasteiger partial charge in [-0.2, -0.15) is 0 Å². The van der Waals surface area contributed by atoms with Crippen LogP contribution in [-0.2, 0) is 0 Å². The standard InChI is InChI=1S/C13H23N/c1-4-5-9-13(12(2)3)10-7-6-8-11-14-13/h12,14H,6-11H2,1-3H3. The van der Waals surface area contributed by atoms with E-state index >= 15 is 0 Å². The molecule has 1 heteroatoms. The van der Waals surface area contributed by atoms with Crippen molar-refractivity contribution in [2.24, 2.45) is 5.92 Å². The van der Waals surface area contributed by atoms with Gasteiger partial charge in [0.15, 0.2) is 0 Å². The molecular formula is C13H23N. The molecule has 0 aromatic carbocycles. The molecule has 0 aromatic heterocycles. The van der Waals surface area contributed by atoms with Crippen LogP contribution in [0.2, 0.25) is 0 Å². The zero-order valence-corrected chi connectivity index (χ0v) is 9.82. The third kappa shape index (κ3) is 2.75. The lowest BCUT2D eigenvalue weighted by atomic mass is 9.80. The summed E-state index contributed by atoms with van der Waals surface area (Å²) >= 11 is 0. The van der Waals surface area contributed by atoms with E-state index in [1.54, 1.807) is 0 Å². The van der Waals surface area contributed by atoms with E-state index in [1.807, 2.05) is 6.92 Å². The van der Waals surface area contributed by atoms with Crippen LogP contribution in [-0.4, -0.2) is 12.1 Å². The summed E-state index contributed by atoms with van der Waals surface area (Å²) in [6.07, 6.45) is 6.37. The van der Waals surface area contributed by atoms with E-state index in [0.717, 1.165) is 6.42 Å². The Bertz CT molecular complexity index is 211. The van der Waals surface area contributed by atoms with E-state index in [2.05, 4.69) is 31.0 Å². The third-order valence-electron chi connectivity index (χ3n) is 3.46. The monoisotopic (exact) mass is 193 g/mol. The van der Waals surface area contributed by atoms with Gasteiger partial charge in [0.1, 0.15) is 0 Å². The smallest absolute Gasteiger partial charge is 0.0313 e. The molecule has 14 heavy (non-hydrogen) atoms. The molecule has 1 N–H and O–H groups in total. The predicted molar refractivity (Wildman–Crippen MR) is 62.1 cm³/mol. The highest BCUT2D eigenvalue weighted by Gasteiger charge is 2.32. The van der Waals surface area contributed by atoms with E-state index in [4.69, 9.17) is 0 Å². The Hall–Kier alpha value is -0.480. The zero-order chi connectivity index (χ0) is 10.4. The minimum Gasteiger partial charge on any atom is -0.310 e. The van der Waals surface area contributed by atoms with Crippen molar-refractivity contribution < 1.29 is 0 Å². The molecular weight excluding hydrogens is 170 g/mol. The maximum Gasteiger partial charge on any atom is 0.0313 e. The van der Waals surface area contributed by atoms with Crippen molar-refractivity contribution in [3.63, 3.8) is 0 Å². The van der Waals surface area contributed by atoms with Crippen LogP contribution in [0.15, 0.2) is 0 Å². The van der Waals surface area contributed by atoms with E-state index in [0.29, 0.717) is 11.5 Å². The number of hydrogen-bond donors (Lipinski definition) is 1. The average Bonchev–Trinajstić information content (AvgIpc) is 2.41. The van der Waals surface area contributed by atoms with Crippen LogP contribution in [0.4, 0.5) is 0 Å². The van der Waals surface area contributed by atoms with E-state index in [-0.39, 0.29) is 0 Å². The molecule has 1 heterocycles. The first-order valence-corrected chi connectivity index (χ1v) is 5.86. The topological polar surface area (TPSA) is 12.0 Å². The largest absolute Gasteiger partial charge is 0.310 e. The lowest BCUT2D eigenvalue weighted by Gasteiger charge is -2.36. The maximum absolute atomic E-state index is 3.73. The molecule has 1 unspecified atom stereocenters. The third-order valence-corrected chi connectivity index (χ3v) is 3.46. The van der Waals surface area contributed by atoms with Crippen LogP contribution in [0, 0.1) is 17.8 Å². The summed E-state index contributed by atoms with van der Waals surface area (Å²) in [7, 11) is 0. The van der Waals surface area contributed by atoms with Crippen LogP contribution in [0.1, 0.15) is 52.9 Å². The quantitative estimate of drug-likeness (QED) is 0.665. The fourth-order valence-corrected chi connectivity index (χ4v) is 2.26. The SMILES string of the molecule is CC#CCC1(C(C)C)CCCCCN1. The summed E-state index contributed by atoms with van der Waals surface area (Å²) in [5.41, 5.74) is 0.291. The second-order valence-electron chi connectivity index (χ2n) is 4.65. The van der Waals surface area contributed by atoms with Gasteiger partial charge in [-0.1, -0.05) is 26.7 Å². The van der Waals surface area contributed by atoms with Gasteiger partial charge in [-0.15, -0.1) is 11.8 Å². The van der Waals surface area contributed by atoms with Crippen molar-refractivity contribution in [1.82, 2.24) is 5.32 Å². The summed E-state index contributed by atoms with van der Waals surface area (Å²) in [4.78, 5) is 0. The Balaban J connectivity index is 2.70. The molecule has 0 radical (unpaired) electrons. The van der Waals surface area contributed by atoms with Gasteiger partial charge in [-0.3, -0.25) is 0 Å². The first-order valence-electron chi connectivity index (χ1n) is 5.86. The Morgan fingerprint density at radius 2 is 2.07 bits per heavy atom. The average molecular weight is 193 g/mol. The molecule has 80 valence electrons. The summed E-state index contributed by atoms with van der Waals surface area (Å²) in [6, 6.07) is 0. The molecule has 1 rings (SSSR count). The Labute approximate surface area is 88.7 Å². The highest BCUT2D eigenvalue weighted by molar-refractivity contribution is 5.06. The van der Waals surface area contributed by atoms with Gasteiger partial charge < -0.3 is 5.32 Å². The highest BCUT2D eigenvalue weighted by atomic mass is 15.0. The minimum absolute atomic E-state index is 0.291. The molecule has 0 saturated carbocycles. The van der Waals surface area contributed by atoms with Gasteiger partial charge in [-0.25, -0.2) is 0 Å². The predicted octanol–water partition coefficient (Wildman–Crippen LogP) is 2.96. The van der Waals surface area contributed by atoms with E-state index < -0.39 is 0 Å². The summed E-state index contributed by atoms with van der Waals surface area (Å²) in [6.45, 7) is 7.74. The van der Waals surface area contributed by atoms with Gasteiger partial charge in [0.25, 0.3) is 0 Å². The highest BCUT2D eigenvalue weighted by Crippen LogP contribution is 2.29. The molecule has 1 aliphatic heterocycles. The van der Waals surface area contributed by atoms with Crippen molar-refractivity contribution >= 4 is 0 Å². The van der Waals surface area contributed by atoms with Crippen molar-refractivity contribution in [2.75, 3.05) is 6.54 Å². The van der Waals surface area contributed by atoms with Crippen LogP contribution < -0.4 is 5.32 Å². The molecule has 0 amide bonds. The number of hydrogen-bond acceptors (Lipinski definition) is 1. The lowest BCUT2D eigenvalue weighted by molar-refractivity contribution is 0.233. The lowest BCUT2D eigenvalue weighted by Crippen LogP contribution is -2.48. The minimum atomic E-state index is 0.291. The van der Waals surface area contributed by atoms with Gasteiger partial charge >= 0.3 is 0 Å². The van der Waals surface area contributed by atoms with Gasteiger partial charge in [0.2, 0.25) is 0 Å². The van der Waals surface area contributed by atoms with Crippen LogP contribution >= 0.6 is 0 Å². The van der Waals surface area contributed by atoms with Crippen LogP contribution in [0.3, 0.4) is 0 Å². The fourth-order valence-electron chi connectivity index (χ4n) is 2.26. The summed E-state index contributed by atoms with van der Waals surface area (Å²) < 4.78 is 0. The molecule has 0 spiro atoms. The first-order chi connectivity index (χ1) is 6.71. The fraction of sp³-hybridized carbons (Fsp3) is 0.846. The summed E-state index contributed by atoms with van der Waals surface area (Å²) in [5, 5.41) is 3.73. The molecule has 1 saturated heterocycles. The Morgan fingerprint density at radius 1 is 1.29 bits per heavy atom. The zero-order valence-electron chi connectivity index (χ0n) is 9.82.